The van der Waals surface area contributed by atoms with E-state index in [9.17, 15) is 9.59 Å². The molecule has 26 heavy (non-hydrogen) atoms. The summed E-state index contributed by atoms with van der Waals surface area (Å²) in [7, 11) is 0. The van der Waals surface area contributed by atoms with Crippen LogP contribution in [0.3, 0.4) is 0 Å². The van der Waals surface area contributed by atoms with Crippen molar-refractivity contribution in [1.29, 1.82) is 0 Å². The molecule has 0 fully saturated rings. The predicted octanol–water partition coefficient (Wildman–Crippen LogP) is 5.70. The molecule has 0 aromatic heterocycles. The first-order valence-electron chi connectivity index (χ1n) is 10.8. The first-order valence-corrected chi connectivity index (χ1v) is 10.8. The van der Waals surface area contributed by atoms with Gasteiger partial charge in [0.15, 0.2) is 0 Å². The number of esters is 1. The minimum atomic E-state index is -0.375. The maximum Gasteiger partial charge on any atom is 0.325 e. The van der Waals surface area contributed by atoms with Crippen LogP contribution in [0, 0.1) is 0 Å². The van der Waals surface area contributed by atoms with Crippen LogP contribution in [0.2, 0.25) is 0 Å². The monoisotopic (exact) mass is 367 g/mol. The zero-order valence-corrected chi connectivity index (χ0v) is 17.2. The van der Waals surface area contributed by atoms with Gasteiger partial charge in [0.05, 0.1) is 6.61 Å². The summed E-state index contributed by atoms with van der Waals surface area (Å²) < 4.78 is 4.76. The molecular formula is C22H41NO3. The third-order valence-electron chi connectivity index (χ3n) is 4.40. The summed E-state index contributed by atoms with van der Waals surface area (Å²) in [5.74, 6) is -0.447. The van der Waals surface area contributed by atoms with Crippen LogP contribution < -0.4 is 5.32 Å². The van der Waals surface area contributed by atoms with Gasteiger partial charge in [-0.3, -0.25) is 9.59 Å². The smallest absolute Gasteiger partial charge is 0.325 e. The number of carbonyl (C=O) groups excluding carboxylic acids is 2. The third kappa shape index (κ3) is 19.0. The average Bonchev–Trinajstić information content (AvgIpc) is 2.63. The molecule has 1 N–H and O–H groups in total. The van der Waals surface area contributed by atoms with Gasteiger partial charge in [-0.1, -0.05) is 70.4 Å². The molecule has 0 saturated heterocycles. The van der Waals surface area contributed by atoms with Crippen molar-refractivity contribution in [3.63, 3.8) is 0 Å². The summed E-state index contributed by atoms with van der Waals surface area (Å²) in [6.07, 6.45) is 21.4. The van der Waals surface area contributed by atoms with Crippen molar-refractivity contribution in [2.24, 2.45) is 0 Å². The average molecular weight is 368 g/mol. The highest BCUT2D eigenvalue weighted by Crippen LogP contribution is 2.11. The Bertz CT molecular complexity index is 366. The summed E-state index contributed by atoms with van der Waals surface area (Å²) in [6, 6.07) is 0. The van der Waals surface area contributed by atoms with E-state index in [1.807, 2.05) is 0 Å². The quantitative estimate of drug-likeness (QED) is 0.192. The molecule has 0 bridgehead atoms. The molecular weight excluding hydrogens is 326 g/mol. The molecule has 4 heteroatoms. The Labute approximate surface area is 161 Å². The Morgan fingerprint density at radius 1 is 0.769 bits per heavy atom. The third-order valence-corrected chi connectivity index (χ3v) is 4.40. The molecule has 0 aromatic carbocycles. The van der Waals surface area contributed by atoms with Crippen LogP contribution in [0.25, 0.3) is 0 Å². The molecule has 0 rings (SSSR count). The van der Waals surface area contributed by atoms with Gasteiger partial charge in [-0.2, -0.15) is 0 Å². The van der Waals surface area contributed by atoms with Crippen LogP contribution in [-0.2, 0) is 14.3 Å². The molecule has 0 atom stereocenters. The number of rotatable bonds is 18. The highest BCUT2D eigenvalue weighted by molar-refractivity contribution is 5.81. The summed E-state index contributed by atoms with van der Waals surface area (Å²) in [5, 5.41) is 2.59. The van der Waals surface area contributed by atoms with E-state index in [1.165, 1.54) is 64.2 Å². The first kappa shape index (κ1) is 24.7. The largest absolute Gasteiger partial charge is 0.465 e. The van der Waals surface area contributed by atoms with Gasteiger partial charge >= 0.3 is 5.97 Å². The van der Waals surface area contributed by atoms with E-state index >= 15 is 0 Å². The second-order valence-corrected chi connectivity index (χ2v) is 6.92. The SMILES string of the molecule is CCCCCCCCCCC/C=C\CCCCC(=O)NCC(=O)OCC. The molecule has 0 unspecified atom stereocenters. The highest BCUT2D eigenvalue weighted by atomic mass is 16.5. The molecule has 0 heterocycles. The number of hydrogen-bond acceptors (Lipinski definition) is 3. The topological polar surface area (TPSA) is 55.4 Å². The van der Waals surface area contributed by atoms with Crippen LogP contribution in [0.1, 0.15) is 104 Å². The van der Waals surface area contributed by atoms with E-state index in [-0.39, 0.29) is 18.4 Å². The Morgan fingerprint density at radius 3 is 1.88 bits per heavy atom. The number of ether oxygens (including phenoxy) is 1. The number of allylic oxidation sites excluding steroid dienone is 2. The van der Waals surface area contributed by atoms with Gasteiger partial charge < -0.3 is 10.1 Å². The second-order valence-electron chi connectivity index (χ2n) is 6.92. The van der Waals surface area contributed by atoms with Crippen LogP contribution in [0.5, 0.6) is 0 Å². The van der Waals surface area contributed by atoms with Crippen molar-refractivity contribution in [3.8, 4) is 0 Å². The van der Waals surface area contributed by atoms with Gasteiger partial charge in [-0.15, -0.1) is 0 Å². The Balaban J connectivity index is 3.28. The van der Waals surface area contributed by atoms with Crippen LogP contribution in [0.4, 0.5) is 0 Å². The van der Waals surface area contributed by atoms with E-state index in [4.69, 9.17) is 4.74 Å². The highest BCUT2D eigenvalue weighted by Gasteiger charge is 2.05. The standard InChI is InChI=1S/C22H41NO3/c1-3-5-6-7-8-9-10-11-12-13-14-15-16-17-18-19-21(24)23-20-22(25)26-4-2/h14-15H,3-13,16-20H2,1-2H3,(H,23,24)/b15-14-. The molecule has 0 spiro atoms. The number of amides is 1. The van der Waals surface area contributed by atoms with Crippen LogP contribution in [-0.4, -0.2) is 25.0 Å². The minimum Gasteiger partial charge on any atom is -0.465 e. The molecule has 4 nitrogen and oxygen atoms in total. The van der Waals surface area contributed by atoms with Crippen molar-refractivity contribution in [2.75, 3.05) is 13.2 Å². The number of unbranched alkanes of at least 4 members (excludes halogenated alkanes) is 11. The van der Waals surface area contributed by atoms with E-state index in [2.05, 4.69) is 24.4 Å². The molecule has 0 radical (unpaired) electrons. The maximum atomic E-state index is 11.5. The Morgan fingerprint density at radius 2 is 1.31 bits per heavy atom. The maximum absolute atomic E-state index is 11.5. The van der Waals surface area contributed by atoms with Gasteiger partial charge in [0, 0.05) is 6.42 Å². The fourth-order valence-corrected chi connectivity index (χ4v) is 2.83. The Hall–Kier alpha value is -1.32. The molecule has 0 aliphatic carbocycles. The van der Waals surface area contributed by atoms with E-state index in [1.54, 1.807) is 6.92 Å². The van der Waals surface area contributed by atoms with Crippen molar-refractivity contribution < 1.29 is 14.3 Å². The summed E-state index contributed by atoms with van der Waals surface area (Å²) in [6.45, 7) is 4.34. The van der Waals surface area contributed by atoms with Gasteiger partial charge in [-0.25, -0.2) is 0 Å². The lowest BCUT2D eigenvalue weighted by Gasteiger charge is -2.04. The Kier molecular flexibility index (Phi) is 19.0. The number of carbonyl (C=O) groups is 2. The van der Waals surface area contributed by atoms with Crippen molar-refractivity contribution in [2.45, 2.75) is 104 Å². The van der Waals surface area contributed by atoms with Gasteiger partial charge in [0.2, 0.25) is 5.91 Å². The second kappa shape index (κ2) is 20.0. The fourth-order valence-electron chi connectivity index (χ4n) is 2.83. The zero-order valence-electron chi connectivity index (χ0n) is 17.2. The summed E-state index contributed by atoms with van der Waals surface area (Å²) >= 11 is 0. The van der Waals surface area contributed by atoms with E-state index in [0.29, 0.717) is 13.0 Å². The number of nitrogens with one attached hydrogen (secondary N) is 1. The van der Waals surface area contributed by atoms with Crippen LogP contribution in [0.15, 0.2) is 12.2 Å². The van der Waals surface area contributed by atoms with Crippen LogP contribution >= 0.6 is 0 Å². The lowest BCUT2D eigenvalue weighted by molar-refractivity contribution is -0.143. The minimum absolute atomic E-state index is 0.0225. The number of hydrogen-bond donors (Lipinski definition) is 1. The molecule has 0 saturated carbocycles. The molecule has 152 valence electrons. The van der Waals surface area contributed by atoms with Crippen molar-refractivity contribution >= 4 is 11.9 Å². The van der Waals surface area contributed by atoms with E-state index in [0.717, 1.165) is 19.3 Å². The first-order chi connectivity index (χ1) is 12.7. The van der Waals surface area contributed by atoms with Gasteiger partial charge in [-0.05, 0) is 39.0 Å². The van der Waals surface area contributed by atoms with E-state index < -0.39 is 0 Å². The van der Waals surface area contributed by atoms with Gasteiger partial charge in [0.25, 0.3) is 0 Å². The fraction of sp³-hybridized carbons (Fsp3) is 0.818. The normalized spacial score (nSPS) is 11.0. The molecule has 0 aromatic rings. The molecule has 0 aliphatic heterocycles. The van der Waals surface area contributed by atoms with Gasteiger partial charge in [0.1, 0.15) is 6.54 Å². The van der Waals surface area contributed by atoms with Crippen molar-refractivity contribution in [3.05, 3.63) is 12.2 Å². The lowest BCUT2D eigenvalue weighted by Crippen LogP contribution is -2.30. The molecule has 1 amide bonds. The summed E-state index contributed by atoms with van der Waals surface area (Å²) in [5.41, 5.74) is 0. The van der Waals surface area contributed by atoms with Crippen molar-refractivity contribution in [1.82, 2.24) is 5.32 Å². The molecule has 0 aliphatic rings. The zero-order chi connectivity index (χ0) is 19.3. The lowest BCUT2D eigenvalue weighted by atomic mass is 10.1. The summed E-state index contributed by atoms with van der Waals surface area (Å²) in [4.78, 5) is 22.7. The predicted molar refractivity (Wildman–Crippen MR) is 109 cm³/mol.